The maximum absolute atomic E-state index is 10.4. The number of thioether (sulfide) groups is 1. The van der Waals surface area contributed by atoms with E-state index in [-0.39, 0.29) is 5.41 Å². The highest BCUT2D eigenvalue weighted by molar-refractivity contribution is 7.98. The molecule has 7 heteroatoms. The molecular formula is C11H18N4O2S. The van der Waals surface area contributed by atoms with Crippen molar-refractivity contribution in [1.29, 1.82) is 0 Å². The molecule has 0 saturated heterocycles. The lowest BCUT2D eigenvalue weighted by atomic mass is 9.93. The van der Waals surface area contributed by atoms with Crippen LogP contribution in [0.5, 0.6) is 0 Å². The van der Waals surface area contributed by atoms with Gasteiger partial charge in [0.05, 0.1) is 0 Å². The second-order valence-electron chi connectivity index (χ2n) is 4.62. The fourth-order valence-corrected chi connectivity index (χ4v) is 1.52. The van der Waals surface area contributed by atoms with Crippen molar-refractivity contribution in [3.63, 3.8) is 0 Å². The second-order valence-corrected chi connectivity index (χ2v) is 5.50. The van der Waals surface area contributed by atoms with E-state index in [1.54, 1.807) is 24.2 Å². The Morgan fingerprint density at radius 2 is 2.00 bits per heavy atom. The van der Waals surface area contributed by atoms with Crippen LogP contribution in [0.1, 0.15) is 13.8 Å². The smallest absolute Gasteiger partial charge is 0.404 e. The number of rotatable bonds is 6. The number of carbonyl (C=O) groups is 1. The van der Waals surface area contributed by atoms with Crippen LogP contribution in [0.15, 0.2) is 17.3 Å². The zero-order chi connectivity index (χ0) is 13.6. The number of aromatic nitrogens is 2. The lowest BCUT2D eigenvalue weighted by molar-refractivity contribution is 0.189. The zero-order valence-corrected chi connectivity index (χ0v) is 11.5. The van der Waals surface area contributed by atoms with E-state index in [0.717, 1.165) is 4.90 Å². The molecule has 0 aliphatic rings. The molecule has 0 aromatic carbocycles. The zero-order valence-electron chi connectivity index (χ0n) is 10.7. The molecule has 0 aliphatic carbocycles. The Morgan fingerprint density at radius 1 is 1.39 bits per heavy atom. The summed E-state index contributed by atoms with van der Waals surface area (Å²) < 4.78 is 0. The van der Waals surface area contributed by atoms with Gasteiger partial charge in [-0.3, -0.25) is 0 Å². The monoisotopic (exact) mass is 270 g/mol. The number of carboxylic acid groups (broad SMARTS) is 1. The summed E-state index contributed by atoms with van der Waals surface area (Å²) in [6, 6.07) is 0. The minimum absolute atomic E-state index is 0.208. The Bertz CT molecular complexity index is 395. The van der Waals surface area contributed by atoms with Gasteiger partial charge in [-0.05, 0) is 11.7 Å². The SMILES string of the molecule is CSc1cnc(NCC(C)(C)CNC(=O)O)nc1. The highest BCUT2D eigenvalue weighted by Gasteiger charge is 2.18. The van der Waals surface area contributed by atoms with Crippen LogP contribution < -0.4 is 10.6 Å². The van der Waals surface area contributed by atoms with Crippen LogP contribution in [0, 0.1) is 5.41 Å². The summed E-state index contributed by atoms with van der Waals surface area (Å²) in [5.41, 5.74) is -0.208. The van der Waals surface area contributed by atoms with Crippen molar-refractivity contribution in [3.8, 4) is 0 Å². The van der Waals surface area contributed by atoms with Gasteiger partial charge in [-0.15, -0.1) is 11.8 Å². The molecule has 0 bridgehead atoms. The minimum Gasteiger partial charge on any atom is -0.465 e. The number of amides is 1. The summed E-state index contributed by atoms with van der Waals surface area (Å²) >= 11 is 1.58. The lowest BCUT2D eigenvalue weighted by Gasteiger charge is -2.24. The van der Waals surface area contributed by atoms with Crippen LogP contribution in [0.4, 0.5) is 10.7 Å². The Morgan fingerprint density at radius 3 is 2.50 bits per heavy atom. The second kappa shape index (κ2) is 6.44. The maximum Gasteiger partial charge on any atom is 0.404 e. The van der Waals surface area contributed by atoms with Crippen molar-refractivity contribution in [2.24, 2.45) is 5.41 Å². The van der Waals surface area contributed by atoms with Crippen molar-refractivity contribution in [3.05, 3.63) is 12.4 Å². The summed E-state index contributed by atoms with van der Waals surface area (Å²) in [6.07, 6.45) is 4.46. The van der Waals surface area contributed by atoms with Crippen molar-refractivity contribution in [2.45, 2.75) is 18.7 Å². The third-order valence-electron chi connectivity index (χ3n) is 2.31. The molecule has 0 aliphatic heterocycles. The quantitative estimate of drug-likeness (QED) is 0.684. The van der Waals surface area contributed by atoms with Crippen LogP contribution in [0.3, 0.4) is 0 Å². The van der Waals surface area contributed by atoms with E-state index >= 15 is 0 Å². The van der Waals surface area contributed by atoms with Gasteiger partial charge in [0.1, 0.15) is 0 Å². The third-order valence-corrected chi connectivity index (χ3v) is 2.99. The topological polar surface area (TPSA) is 87.1 Å². The maximum atomic E-state index is 10.4. The average molecular weight is 270 g/mol. The minimum atomic E-state index is -1.01. The van der Waals surface area contributed by atoms with E-state index < -0.39 is 6.09 Å². The molecule has 1 amide bonds. The molecule has 0 atom stereocenters. The molecule has 6 nitrogen and oxygen atoms in total. The molecule has 1 aromatic heterocycles. The van der Waals surface area contributed by atoms with Crippen LogP contribution >= 0.6 is 11.8 Å². The van der Waals surface area contributed by atoms with Gasteiger partial charge in [-0.2, -0.15) is 0 Å². The molecule has 0 saturated carbocycles. The Balaban J connectivity index is 2.45. The van der Waals surface area contributed by atoms with Gasteiger partial charge >= 0.3 is 6.09 Å². The molecule has 1 heterocycles. The number of nitrogens with one attached hydrogen (secondary N) is 2. The molecule has 3 N–H and O–H groups in total. The highest BCUT2D eigenvalue weighted by Crippen LogP contribution is 2.15. The molecule has 1 aromatic rings. The van der Waals surface area contributed by atoms with Crippen LogP contribution in [-0.4, -0.2) is 40.5 Å². The Hall–Kier alpha value is -1.50. The Labute approximate surface area is 111 Å². The van der Waals surface area contributed by atoms with Gasteiger partial charge in [0, 0.05) is 30.4 Å². The average Bonchev–Trinajstić information content (AvgIpc) is 2.35. The largest absolute Gasteiger partial charge is 0.465 e. The third kappa shape index (κ3) is 5.22. The molecule has 18 heavy (non-hydrogen) atoms. The van der Waals surface area contributed by atoms with Crippen molar-refractivity contribution in [2.75, 3.05) is 24.7 Å². The summed E-state index contributed by atoms with van der Waals surface area (Å²) in [5, 5.41) is 14.0. The van der Waals surface area contributed by atoms with Crippen molar-refractivity contribution >= 4 is 23.8 Å². The summed E-state index contributed by atoms with van der Waals surface area (Å²) in [7, 11) is 0. The van der Waals surface area contributed by atoms with Gasteiger partial charge < -0.3 is 15.7 Å². The molecule has 100 valence electrons. The first-order valence-corrected chi connectivity index (χ1v) is 6.72. The molecule has 1 rings (SSSR count). The fraction of sp³-hybridized carbons (Fsp3) is 0.545. The molecule has 0 fully saturated rings. The predicted octanol–water partition coefficient (Wildman–Crippen LogP) is 1.90. The van der Waals surface area contributed by atoms with Gasteiger partial charge in [-0.1, -0.05) is 13.8 Å². The summed E-state index contributed by atoms with van der Waals surface area (Å²) in [5.74, 6) is 0.552. The van der Waals surface area contributed by atoms with Gasteiger partial charge in [-0.25, -0.2) is 14.8 Å². The van der Waals surface area contributed by atoms with Crippen molar-refractivity contribution < 1.29 is 9.90 Å². The van der Waals surface area contributed by atoms with E-state index in [9.17, 15) is 4.79 Å². The number of hydrogen-bond acceptors (Lipinski definition) is 5. The first-order chi connectivity index (χ1) is 8.43. The highest BCUT2D eigenvalue weighted by atomic mass is 32.2. The summed E-state index contributed by atoms with van der Waals surface area (Å²) in [6.45, 7) is 4.89. The number of hydrogen-bond donors (Lipinski definition) is 3. The first-order valence-electron chi connectivity index (χ1n) is 5.50. The van der Waals surface area contributed by atoms with E-state index in [0.29, 0.717) is 19.0 Å². The standard InChI is InChI=1S/C11H18N4O2S/c1-11(2,7-15-10(16)17)6-14-9-12-4-8(18-3)5-13-9/h4-5,15H,6-7H2,1-3H3,(H,16,17)(H,12,13,14). The Kier molecular flexibility index (Phi) is 5.21. The summed E-state index contributed by atoms with van der Waals surface area (Å²) in [4.78, 5) is 19.8. The molecule has 0 unspecified atom stereocenters. The molecular weight excluding hydrogens is 252 g/mol. The number of nitrogens with zero attached hydrogens (tertiary/aromatic N) is 2. The molecule has 0 radical (unpaired) electrons. The first kappa shape index (κ1) is 14.6. The van der Waals surface area contributed by atoms with Crippen molar-refractivity contribution in [1.82, 2.24) is 15.3 Å². The van der Waals surface area contributed by atoms with E-state index in [1.165, 1.54) is 0 Å². The van der Waals surface area contributed by atoms with Crippen LogP contribution in [-0.2, 0) is 0 Å². The van der Waals surface area contributed by atoms with Crippen LogP contribution in [0.25, 0.3) is 0 Å². The van der Waals surface area contributed by atoms with E-state index in [4.69, 9.17) is 5.11 Å². The predicted molar refractivity (Wildman–Crippen MR) is 72.1 cm³/mol. The van der Waals surface area contributed by atoms with Crippen LogP contribution in [0.2, 0.25) is 0 Å². The van der Waals surface area contributed by atoms with E-state index in [1.807, 2.05) is 20.1 Å². The normalized spacial score (nSPS) is 11.1. The van der Waals surface area contributed by atoms with Gasteiger partial charge in [0.15, 0.2) is 0 Å². The van der Waals surface area contributed by atoms with E-state index in [2.05, 4.69) is 20.6 Å². The number of anilines is 1. The van der Waals surface area contributed by atoms with Gasteiger partial charge in [0.25, 0.3) is 0 Å². The molecule has 0 spiro atoms. The van der Waals surface area contributed by atoms with Gasteiger partial charge in [0.2, 0.25) is 5.95 Å². The fourth-order valence-electron chi connectivity index (χ4n) is 1.21. The lowest BCUT2D eigenvalue weighted by Crippen LogP contribution is -2.37.